The molecule has 0 radical (unpaired) electrons. The largest absolute Gasteiger partial charge is 0.373 e. The predicted octanol–water partition coefficient (Wildman–Crippen LogP) is 2.07. The summed E-state index contributed by atoms with van der Waals surface area (Å²) < 4.78 is 11.4. The Balaban J connectivity index is 1.42. The van der Waals surface area contributed by atoms with Gasteiger partial charge in [-0.25, -0.2) is 0 Å². The van der Waals surface area contributed by atoms with Crippen LogP contribution in [0.2, 0.25) is 0 Å². The van der Waals surface area contributed by atoms with Crippen molar-refractivity contribution in [2.45, 2.75) is 50.4 Å². The number of carbonyl (C=O) groups is 1. The monoisotopic (exact) mass is 289 g/mol. The van der Waals surface area contributed by atoms with Gasteiger partial charge in [0.25, 0.3) is 0 Å². The van der Waals surface area contributed by atoms with Crippen LogP contribution >= 0.6 is 0 Å². The van der Waals surface area contributed by atoms with Gasteiger partial charge in [-0.05, 0) is 31.2 Å². The van der Waals surface area contributed by atoms with Crippen LogP contribution in [-0.2, 0) is 20.7 Å². The van der Waals surface area contributed by atoms with Crippen molar-refractivity contribution in [3.8, 4) is 0 Å². The summed E-state index contributed by atoms with van der Waals surface area (Å²) in [5.74, 6) is 0.138. The fourth-order valence-corrected chi connectivity index (χ4v) is 3.20. The van der Waals surface area contributed by atoms with Crippen LogP contribution < -0.4 is 5.32 Å². The van der Waals surface area contributed by atoms with Gasteiger partial charge in [-0.3, -0.25) is 4.79 Å². The molecule has 1 aliphatic carbocycles. The second-order valence-electron chi connectivity index (χ2n) is 5.88. The van der Waals surface area contributed by atoms with E-state index in [2.05, 4.69) is 17.4 Å². The van der Waals surface area contributed by atoms with Gasteiger partial charge in [-0.2, -0.15) is 0 Å². The minimum absolute atomic E-state index is 0.138. The van der Waals surface area contributed by atoms with E-state index in [9.17, 15) is 4.79 Å². The number of benzene rings is 1. The predicted molar refractivity (Wildman–Crippen MR) is 80.0 cm³/mol. The summed E-state index contributed by atoms with van der Waals surface area (Å²) >= 11 is 0. The molecule has 1 saturated carbocycles. The van der Waals surface area contributed by atoms with Gasteiger partial charge in [0.15, 0.2) is 0 Å². The molecule has 3 rings (SSSR count). The van der Waals surface area contributed by atoms with Gasteiger partial charge in [-0.15, -0.1) is 0 Å². The van der Waals surface area contributed by atoms with E-state index in [4.69, 9.17) is 9.47 Å². The van der Waals surface area contributed by atoms with Crippen LogP contribution in [0.15, 0.2) is 30.3 Å². The van der Waals surface area contributed by atoms with E-state index in [1.807, 2.05) is 18.2 Å². The lowest BCUT2D eigenvalue weighted by Gasteiger charge is -2.39. The Labute approximate surface area is 125 Å². The van der Waals surface area contributed by atoms with Gasteiger partial charge in [0.1, 0.15) is 0 Å². The minimum atomic E-state index is 0.138. The molecule has 1 heterocycles. The number of carbonyl (C=O) groups excluding carboxylic acids is 1. The van der Waals surface area contributed by atoms with Crippen LogP contribution in [0, 0.1) is 0 Å². The Morgan fingerprint density at radius 1 is 1.10 bits per heavy atom. The molecule has 1 amide bonds. The zero-order chi connectivity index (χ0) is 14.5. The topological polar surface area (TPSA) is 47.6 Å². The van der Waals surface area contributed by atoms with Gasteiger partial charge in [-0.1, -0.05) is 30.3 Å². The van der Waals surface area contributed by atoms with Crippen LogP contribution in [0.5, 0.6) is 0 Å². The average Bonchev–Trinajstić information content (AvgIpc) is 2.54. The lowest BCUT2D eigenvalue weighted by molar-refractivity contribution is -0.158. The molecular formula is C17H23NO3. The molecule has 1 aliphatic heterocycles. The summed E-state index contributed by atoms with van der Waals surface area (Å²) in [5, 5.41) is 3.15. The van der Waals surface area contributed by atoms with Crippen LogP contribution in [0.4, 0.5) is 0 Å². The third-order valence-electron chi connectivity index (χ3n) is 4.33. The molecule has 2 aliphatic rings. The molecule has 0 spiro atoms. The molecule has 2 fully saturated rings. The third-order valence-corrected chi connectivity index (χ3v) is 4.33. The summed E-state index contributed by atoms with van der Waals surface area (Å²) in [6.45, 7) is 1.38. The molecule has 4 heteroatoms. The van der Waals surface area contributed by atoms with Crippen LogP contribution in [0.1, 0.15) is 31.2 Å². The molecule has 0 bridgehead atoms. The number of nitrogens with one attached hydrogen (secondary N) is 1. The molecule has 1 saturated heterocycles. The number of fused-ring (bicyclic) bond motifs is 1. The van der Waals surface area contributed by atoms with Crippen molar-refractivity contribution in [3.63, 3.8) is 0 Å². The zero-order valence-corrected chi connectivity index (χ0v) is 12.3. The van der Waals surface area contributed by atoms with Crippen molar-refractivity contribution in [1.29, 1.82) is 0 Å². The zero-order valence-electron chi connectivity index (χ0n) is 12.3. The smallest absolute Gasteiger partial charge is 0.220 e. The second-order valence-corrected chi connectivity index (χ2v) is 5.88. The Morgan fingerprint density at radius 3 is 2.67 bits per heavy atom. The normalized spacial score (nSPS) is 28.7. The SMILES string of the molecule is O=C(CCc1ccccc1)N[C@@H]1CC[C@@H]2OCCO[C@H]2C1. The lowest BCUT2D eigenvalue weighted by atomic mass is 9.89. The maximum absolute atomic E-state index is 12.1. The van der Waals surface area contributed by atoms with Crippen molar-refractivity contribution in [3.05, 3.63) is 35.9 Å². The van der Waals surface area contributed by atoms with E-state index in [1.54, 1.807) is 0 Å². The third kappa shape index (κ3) is 4.05. The fraction of sp³-hybridized carbons (Fsp3) is 0.588. The van der Waals surface area contributed by atoms with Crippen molar-refractivity contribution in [2.24, 2.45) is 0 Å². The van der Waals surface area contributed by atoms with Crippen molar-refractivity contribution < 1.29 is 14.3 Å². The Morgan fingerprint density at radius 2 is 1.86 bits per heavy atom. The van der Waals surface area contributed by atoms with Gasteiger partial charge in [0.2, 0.25) is 5.91 Å². The Bertz CT molecular complexity index is 462. The molecule has 0 aromatic heterocycles. The average molecular weight is 289 g/mol. The first-order valence-corrected chi connectivity index (χ1v) is 7.88. The van der Waals surface area contributed by atoms with Crippen LogP contribution in [-0.4, -0.2) is 37.4 Å². The second kappa shape index (κ2) is 7.05. The van der Waals surface area contributed by atoms with E-state index in [1.165, 1.54) is 5.56 Å². The minimum Gasteiger partial charge on any atom is -0.373 e. The van der Waals surface area contributed by atoms with Crippen molar-refractivity contribution in [1.82, 2.24) is 5.32 Å². The van der Waals surface area contributed by atoms with Gasteiger partial charge >= 0.3 is 0 Å². The molecule has 1 aromatic carbocycles. The first kappa shape index (κ1) is 14.5. The summed E-state index contributed by atoms with van der Waals surface area (Å²) in [5.41, 5.74) is 1.21. The fourth-order valence-electron chi connectivity index (χ4n) is 3.20. The highest BCUT2D eigenvalue weighted by molar-refractivity contribution is 5.76. The highest BCUT2D eigenvalue weighted by Gasteiger charge is 2.34. The molecule has 21 heavy (non-hydrogen) atoms. The molecular weight excluding hydrogens is 266 g/mol. The first-order valence-electron chi connectivity index (χ1n) is 7.88. The van der Waals surface area contributed by atoms with E-state index in [0.717, 1.165) is 25.7 Å². The highest BCUT2D eigenvalue weighted by atomic mass is 16.6. The van der Waals surface area contributed by atoms with Gasteiger partial charge in [0.05, 0.1) is 25.4 Å². The van der Waals surface area contributed by atoms with Crippen LogP contribution in [0.3, 0.4) is 0 Å². The number of hydrogen-bond acceptors (Lipinski definition) is 3. The summed E-state index contributed by atoms with van der Waals surface area (Å²) in [7, 11) is 0. The number of ether oxygens (including phenoxy) is 2. The quantitative estimate of drug-likeness (QED) is 0.923. The van der Waals surface area contributed by atoms with E-state index in [0.29, 0.717) is 19.6 Å². The van der Waals surface area contributed by atoms with E-state index in [-0.39, 0.29) is 24.2 Å². The Kier molecular flexibility index (Phi) is 4.88. The summed E-state index contributed by atoms with van der Waals surface area (Å²) in [6, 6.07) is 10.4. The van der Waals surface area contributed by atoms with E-state index < -0.39 is 0 Å². The summed E-state index contributed by atoms with van der Waals surface area (Å²) in [4.78, 5) is 12.1. The summed E-state index contributed by atoms with van der Waals surface area (Å²) in [6.07, 6.45) is 4.58. The van der Waals surface area contributed by atoms with Crippen molar-refractivity contribution in [2.75, 3.05) is 13.2 Å². The molecule has 3 atom stereocenters. The number of hydrogen-bond donors (Lipinski definition) is 1. The van der Waals surface area contributed by atoms with Crippen molar-refractivity contribution >= 4 is 5.91 Å². The molecule has 1 N–H and O–H groups in total. The first-order chi connectivity index (χ1) is 10.3. The highest BCUT2D eigenvalue weighted by Crippen LogP contribution is 2.26. The maximum Gasteiger partial charge on any atom is 0.220 e. The lowest BCUT2D eigenvalue weighted by Crippen LogP contribution is -2.49. The number of aryl methyl sites for hydroxylation is 1. The maximum atomic E-state index is 12.1. The molecule has 4 nitrogen and oxygen atoms in total. The van der Waals surface area contributed by atoms with Crippen LogP contribution in [0.25, 0.3) is 0 Å². The van der Waals surface area contributed by atoms with E-state index >= 15 is 0 Å². The Hall–Kier alpha value is -1.39. The van der Waals surface area contributed by atoms with Gasteiger partial charge < -0.3 is 14.8 Å². The molecule has 1 aromatic rings. The van der Waals surface area contributed by atoms with Gasteiger partial charge in [0, 0.05) is 12.5 Å². The number of rotatable bonds is 4. The molecule has 114 valence electrons. The molecule has 0 unspecified atom stereocenters. The number of amides is 1. The standard InChI is InChI=1S/C17H23NO3/c19-17(9-6-13-4-2-1-3-5-13)18-14-7-8-15-16(12-14)21-11-10-20-15/h1-5,14-16H,6-12H2,(H,18,19)/t14-,15+,16+/m1/s1.